The van der Waals surface area contributed by atoms with Crippen LogP contribution in [-0.4, -0.2) is 0 Å². The Kier molecular flexibility index (Phi) is 8.20. The molecule has 0 spiro atoms. The van der Waals surface area contributed by atoms with Crippen LogP contribution in [0.2, 0.25) is 0 Å². The molecule has 59 heavy (non-hydrogen) atoms. The van der Waals surface area contributed by atoms with Crippen LogP contribution in [0.4, 0.5) is 17.1 Å². The molecule has 0 atom stereocenters. The Hall–Kier alpha value is -7.42. The highest BCUT2D eigenvalue weighted by atomic mass is 16.3. The van der Waals surface area contributed by atoms with Gasteiger partial charge in [-0.1, -0.05) is 178 Å². The van der Waals surface area contributed by atoms with Crippen LogP contribution in [0.15, 0.2) is 217 Å². The molecule has 0 radical (unpaired) electrons. The lowest BCUT2D eigenvalue weighted by molar-refractivity contribution is 0.660. The predicted molar refractivity (Wildman–Crippen MR) is 248 cm³/mol. The highest BCUT2D eigenvalue weighted by molar-refractivity contribution is 6.08. The third-order valence-electron chi connectivity index (χ3n) is 12.3. The predicted octanol–water partition coefficient (Wildman–Crippen LogP) is 16.0. The molecule has 0 fully saturated rings. The van der Waals surface area contributed by atoms with E-state index >= 15 is 0 Å². The van der Waals surface area contributed by atoms with E-state index in [0.717, 1.165) is 61.3 Å². The number of nitrogens with zero attached hydrogens (tertiary/aromatic N) is 1. The molecular formula is C57H41NO. The molecule has 0 saturated carbocycles. The minimum Gasteiger partial charge on any atom is -0.456 e. The van der Waals surface area contributed by atoms with Crippen molar-refractivity contribution in [1.29, 1.82) is 0 Å². The summed E-state index contributed by atoms with van der Waals surface area (Å²) >= 11 is 0. The molecule has 9 aromatic carbocycles. The standard InChI is InChI=1S/C57H41NO/c1-57(2)50-24-12-9-21-46(50)48-36-41(30-34-51(48)57)45-23-15-26-53(56(45)42-31-35-55-49(37-42)47-22-11-14-27-54(47)59-55)58(43-32-28-39(29-33-43)38-16-5-3-6-17-38)52-25-13-10-20-44(52)40-18-7-4-8-19-40/h3-37H,1-2H3. The lowest BCUT2D eigenvalue weighted by Gasteiger charge is -2.31. The summed E-state index contributed by atoms with van der Waals surface area (Å²) in [5, 5.41) is 2.22. The third-order valence-corrected chi connectivity index (χ3v) is 12.3. The van der Waals surface area contributed by atoms with E-state index in [1.165, 1.54) is 44.5 Å². The minimum absolute atomic E-state index is 0.0770. The Balaban J connectivity index is 1.20. The molecule has 2 heteroatoms. The number of benzene rings is 9. The van der Waals surface area contributed by atoms with Crippen molar-refractivity contribution < 1.29 is 4.42 Å². The van der Waals surface area contributed by atoms with E-state index in [0.29, 0.717) is 0 Å². The molecule has 0 aliphatic heterocycles. The molecule has 1 aliphatic rings. The number of furan rings is 1. The highest BCUT2D eigenvalue weighted by Gasteiger charge is 2.35. The van der Waals surface area contributed by atoms with Gasteiger partial charge in [0.15, 0.2) is 0 Å². The molecule has 0 bridgehead atoms. The zero-order chi connectivity index (χ0) is 39.5. The van der Waals surface area contributed by atoms with Crippen LogP contribution >= 0.6 is 0 Å². The summed E-state index contributed by atoms with van der Waals surface area (Å²) in [5.74, 6) is 0. The van der Waals surface area contributed by atoms with Gasteiger partial charge in [0.25, 0.3) is 0 Å². The molecule has 0 unspecified atom stereocenters. The summed E-state index contributed by atoms with van der Waals surface area (Å²) in [6, 6.07) is 77.0. The molecular weight excluding hydrogens is 715 g/mol. The molecule has 0 N–H and O–H groups in total. The van der Waals surface area contributed by atoms with Gasteiger partial charge in [-0.25, -0.2) is 0 Å². The van der Waals surface area contributed by atoms with E-state index < -0.39 is 0 Å². The van der Waals surface area contributed by atoms with Crippen molar-refractivity contribution >= 4 is 39.0 Å². The Labute approximate surface area is 345 Å². The van der Waals surface area contributed by atoms with Gasteiger partial charge in [-0.3, -0.25) is 0 Å². The number of anilines is 3. The fourth-order valence-corrected chi connectivity index (χ4v) is 9.41. The lowest BCUT2D eigenvalue weighted by atomic mass is 9.82. The zero-order valence-electron chi connectivity index (χ0n) is 33.1. The number of hydrogen-bond acceptors (Lipinski definition) is 2. The highest BCUT2D eigenvalue weighted by Crippen LogP contribution is 2.52. The molecule has 10 aromatic rings. The van der Waals surface area contributed by atoms with Gasteiger partial charge in [-0.2, -0.15) is 0 Å². The minimum atomic E-state index is -0.0770. The smallest absolute Gasteiger partial charge is 0.135 e. The summed E-state index contributed by atoms with van der Waals surface area (Å²) in [4.78, 5) is 2.46. The van der Waals surface area contributed by atoms with Gasteiger partial charge in [0.2, 0.25) is 0 Å². The molecule has 280 valence electrons. The second kappa shape index (κ2) is 13.9. The maximum atomic E-state index is 6.38. The third kappa shape index (κ3) is 5.79. The van der Waals surface area contributed by atoms with Crippen LogP contribution in [0, 0.1) is 0 Å². The summed E-state index contributed by atoms with van der Waals surface area (Å²) in [6.07, 6.45) is 0. The average Bonchev–Trinajstić information content (AvgIpc) is 3.78. The molecule has 11 rings (SSSR count). The van der Waals surface area contributed by atoms with Crippen LogP contribution in [0.3, 0.4) is 0 Å². The largest absolute Gasteiger partial charge is 0.456 e. The average molecular weight is 756 g/mol. The first-order valence-electron chi connectivity index (χ1n) is 20.4. The second-order valence-electron chi connectivity index (χ2n) is 16.1. The van der Waals surface area contributed by atoms with Gasteiger partial charge in [-0.15, -0.1) is 0 Å². The van der Waals surface area contributed by atoms with Crippen molar-refractivity contribution in [3.63, 3.8) is 0 Å². The van der Waals surface area contributed by atoms with Crippen LogP contribution in [-0.2, 0) is 5.41 Å². The Bertz CT molecular complexity index is 3170. The van der Waals surface area contributed by atoms with E-state index in [-0.39, 0.29) is 5.41 Å². The van der Waals surface area contributed by atoms with Crippen molar-refractivity contribution in [2.75, 3.05) is 4.90 Å². The van der Waals surface area contributed by atoms with Gasteiger partial charge < -0.3 is 9.32 Å². The quantitative estimate of drug-likeness (QED) is 0.161. The number of rotatable bonds is 7. The Morgan fingerprint density at radius 3 is 1.75 bits per heavy atom. The van der Waals surface area contributed by atoms with E-state index in [1.807, 2.05) is 6.07 Å². The normalized spacial score (nSPS) is 12.7. The van der Waals surface area contributed by atoms with Gasteiger partial charge >= 0.3 is 0 Å². The van der Waals surface area contributed by atoms with Crippen LogP contribution < -0.4 is 4.90 Å². The van der Waals surface area contributed by atoms with Crippen LogP contribution in [0.5, 0.6) is 0 Å². The van der Waals surface area contributed by atoms with Crippen LogP contribution in [0.1, 0.15) is 25.0 Å². The summed E-state index contributed by atoms with van der Waals surface area (Å²) in [7, 11) is 0. The van der Waals surface area contributed by atoms with E-state index in [4.69, 9.17) is 4.42 Å². The van der Waals surface area contributed by atoms with Crippen molar-refractivity contribution in [2.45, 2.75) is 19.3 Å². The van der Waals surface area contributed by atoms with E-state index in [9.17, 15) is 0 Å². The van der Waals surface area contributed by atoms with Gasteiger partial charge in [0, 0.05) is 33.0 Å². The number of hydrogen-bond donors (Lipinski definition) is 0. The molecule has 1 aliphatic carbocycles. The second-order valence-corrected chi connectivity index (χ2v) is 16.1. The van der Waals surface area contributed by atoms with E-state index in [1.54, 1.807) is 0 Å². The van der Waals surface area contributed by atoms with Crippen molar-refractivity contribution in [2.24, 2.45) is 0 Å². The Morgan fingerprint density at radius 2 is 0.932 bits per heavy atom. The Morgan fingerprint density at radius 1 is 0.356 bits per heavy atom. The van der Waals surface area contributed by atoms with Gasteiger partial charge in [-0.05, 0) is 104 Å². The van der Waals surface area contributed by atoms with Gasteiger partial charge in [0.05, 0.1) is 11.4 Å². The topological polar surface area (TPSA) is 16.4 Å². The first-order valence-corrected chi connectivity index (χ1v) is 20.4. The summed E-state index contributed by atoms with van der Waals surface area (Å²) in [6.45, 7) is 4.69. The zero-order valence-corrected chi connectivity index (χ0v) is 33.1. The first kappa shape index (κ1) is 34.8. The monoisotopic (exact) mass is 755 g/mol. The fraction of sp³-hybridized carbons (Fsp3) is 0.0526. The lowest BCUT2D eigenvalue weighted by Crippen LogP contribution is -2.14. The fourth-order valence-electron chi connectivity index (χ4n) is 9.41. The SMILES string of the molecule is CC1(C)c2ccccc2-c2cc(-c3cccc(N(c4ccc(-c5ccccc5)cc4)c4ccccc4-c4ccccc4)c3-c3ccc4oc5ccccc5c4c3)ccc21. The molecule has 2 nitrogen and oxygen atoms in total. The van der Waals surface area contributed by atoms with Crippen molar-refractivity contribution in [3.8, 4) is 55.6 Å². The maximum absolute atomic E-state index is 6.38. The summed E-state index contributed by atoms with van der Waals surface area (Å²) in [5.41, 5.74) is 19.6. The van der Waals surface area contributed by atoms with Crippen LogP contribution in [0.25, 0.3) is 77.6 Å². The molecule has 1 heterocycles. The number of fused-ring (bicyclic) bond motifs is 6. The molecule has 0 amide bonds. The van der Waals surface area contributed by atoms with E-state index in [2.05, 4.69) is 225 Å². The van der Waals surface area contributed by atoms with Crippen molar-refractivity contribution in [1.82, 2.24) is 0 Å². The van der Waals surface area contributed by atoms with Crippen molar-refractivity contribution in [3.05, 3.63) is 223 Å². The molecule has 1 aromatic heterocycles. The van der Waals surface area contributed by atoms with Gasteiger partial charge in [0.1, 0.15) is 11.2 Å². The summed E-state index contributed by atoms with van der Waals surface area (Å²) < 4.78 is 6.38. The first-order chi connectivity index (χ1) is 29.0. The maximum Gasteiger partial charge on any atom is 0.135 e. The number of para-hydroxylation sites is 2. The molecule has 0 saturated heterocycles.